The Labute approximate surface area is 133 Å². The van der Waals surface area contributed by atoms with Gasteiger partial charge in [-0.05, 0) is 30.9 Å². The fourth-order valence-corrected chi connectivity index (χ4v) is 4.61. The third kappa shape index (κ3) is 2.68. The molecule has 3 fully saturated rings. The van der Waals surface area contributed by atoms with E-state index < -0.39 is 0 Å². The van der Waals surface area contributed by atoms with Gasteiger partial charge < -0.3 is 4.74 Å². The number of piperidine rings is 1. The van der Waals surface area contributed by atoms with E-state index in [4.69, 9.17) is 4.74 Å². The lowest BCUT2D eigenvalue weighted by Crippen LogP contribution is -2.56. The second kappa shape index (κ2) is 6.26. The van der Waals surface area contributed by atoms with Crippen LogP contribution in [0.5, 0.6) is 0 Å². The van der Waals surface area contributed by atoms with Gasteiger partial charge in [-0.15, -0.1) is 0 Å². The number of methoxy groups -OCH3 is 1. The van der Waals surface area contributed by atoms with E-state index in [2.05, 4.69) is 20.9 Å². The molecule has 1 saturated carbocycles. The fraction of sp³-hybridized carbons (Fsp3) is 0.722. The molecule has 3 aliphatic rings. The maximum Gasteiger partial charge on any atom is 0.0639 e. The number of hydrogen-bond acceptors (Lipinski definition) is 4. The SMILES string of the molecule is CO[C@@H]1CCN(C2CCC2)[C@H]2CN(Cc3cccnc3)C[C@@H]12. The van der Waals surface area contributed by atoms with Crippen molar-refractivity contribution in [2.24, 2.45) is 5.92 Å². The summed E-state index contributed by atoms with van der Waals surface area (Å²) in [6, 6.07) is 5.77. The van der Waals surface area contributed by atoms with E-state index in [1.165, 1.54) is 50.9 Å². The summed E-state index contributed by atoms with van der Waals surface area (Å²) in [6.45, 7) is 4.61. The van der Waals surface area contributed by atoms with Crippen LogP contribution in [0.15, 0.2) is 24.5 Å². The molecule has 4 nitrogen and oxygen atoms in total. The molecule has 0 N–H and O–H groups in total. The van der Waals surface area contributed by atoms with E-state index in [1.807, 2.05) is 25.6 Å². The monoisotopic (exact) mass is 301 g/mol. The highest BCUT2D eigenvalue weighted by Gasteiger charge is 2.46. The van der Waals surface area contributed by atoms with Gasteiger partial charge in [0, 0.05) is 63.7 Å². The van der Waals surface area contributed by atoms with Crippen molar-refractivity contribution in [1.29, 1.82) is 0 Å². The highest BCUT2D eigenvalue weighted by Crippen LogP contribution is 2.38. The number of rotatable bonds is 4. The average Bonchev–Trinajstić information content (AvgIpc) is 2.90. The molecular formula is C18H27N3O. The third-order valence-electron chi connectivity index (χ3n) is 5.96. The Bertz CT molecular complexity index is 490. The predicted molar refractivity (Wildman–Crippen MR) is 86.6 cm³/mol. The van der Waals surface area contributed by atoms with E-state index in [0.29, 0.717) is 18.1 Å². The Hall–Kier alpha value is -0.970. The summed E-state index contributed by atoms with van der Waals surface area (Å²) in [5, 5.41) is 0. The molecule has 1 aliphatic carbocycles. The zero-order chi connectivity index (χ0) is 14.9. The summed E-state index contributed by atoms with van der Waals surface area (Å²) in [4.78, 5) is 9.67. The number of nitrogens with zero attached hydrogens (tertiary/aromatic N) is 3. The Morgan fingerprint density at radius 3 is 2.86 bits per heavy atom. The van der Waals surface area contributed by atoms with E-state index in [0.717, 1.165) is 12.6 Å². The lowest BCUT2D eigenvalue weighted by atomic mass is 9.83. The Kier molecular flexibility index (Phi) is 4.16. The molecule has 1 aromatic heterocycles. The molecule has 3 heterocycles. The summed E-state index contributed by atoms with van der Waals surface area (Å²) in [5.41, 5.74) is 1.32. The zero-order valence-corrected chi connectivity index (χ0v) is 13.5. The molecule has 0 spiro atoms. The fourth-order valence-electron chi connectivity index (χ4n) is 4.61. The minimum Gasteiger partial charge on any atom is -0.381 e. The van der Waals surface area contributed by atoms with Gasteiger partial charge in [0.1, 0.15) is 0 Å². The van der Waals surface area contributed by atoms with Crippen LogP contribution in [0, 0.1) is 5.92 Å². The Morgan fingerprint density at radius 1 is 1.27 bits per heavy atom. The number of pyridine rings is 1. The second-order valence-corrected chi connectivity index (χ2v) is 7.17. The van der Waals surface area contributed by atoms with Crippen LogP contribution in [-0.2, 0) is 11.3 Å². The lowest BCUT2D eigenvalue weighted by molar-refractivity contribution is -0.0485. The molecule has 1 aromatic rings. The molecule has 4 heteroatoms. The molecule has 2 saturated heterocycles. The van der Waals surface area contributed by atoms with Crippen molar-refractivity contribution in [2.75, 3.05) is 26.7 Å². The van der Waals surface area contributed by atoms with Gasteiger partial charge >= 0.3 is 0 Å². The second-order valence-electron chi connectivity index (χ2n) is 7.17. The van der Waals surface area contributed by atoms with Crippen LogP contribution in [0.25, 0.3) is 0 Å². The van der Waals surface area contributed by atoms with Crippen LogP contribution in [0.3, 0.4) is 0 Å². The van der Waals surface area contributed by atoms with Gasteiger partial charge in [-0.2, -0.15) is 0 Å². The number of fused-ring (bicyclic) bond motifs is 1. The van der Waals surface area contributed by atoms with Gasteiger partial charge in [0.15, 0.2) is 0 Å². The van der Waals surface area contributed by atoms with E-state index in [9.17, 15) is 0 Å². The van der Waals surface area contributed by atoms with Crippen LogP contribution in [0.4, 0.5) is 0 Å². The number of likely N-dealkylation sites (tertiary alicyclic amines) is 2. The highest BCUT2D eigenvalue weighted by atomic mass is 16.5. The molecule has 22 heavy (non-hydrogen) atoms. The van der Waals surface area contributed by atoms with Gasteiger partial charge in [-0.3, -0.25) is 14.8 Å². The van der Waals surface area contributed by atoms with Crippen LogP contribution >= 0.6 is 0 Å². The van der Waals surface area contributed by atoms with Gasteiger partial charge in [0.05, 0.1) is 6.10 Å². The van der Waals surface area contributed by atoms with Crippen LogP contribution in [-0.4, -0.2) is 59.7 Å². The van der Waals surface area contributed by atoms with Crippen LogP contribution in [0.1, 0.15) is 31.2 Å². The van der Waals surface area contributed by atoms with Gasteiger partial charge in [0.2, 0.25) is 0 Å². The molecule has 4 rings (SSSR count). The molecular weight excluding hydrogens is 274 g/mol. The maximum atomic E-state index is 5.82. The van der Waals surface area contributed by atoms with Crippen molar-refractivity contribution in [3.63, 3.8) is 0 Å². The first kappa shape index (κ1) is 14.6. The molecule has 3 atom stereocenters. The van der Waals surface area contributed by atoms with Crippen LogP contribution in [0.2, 0.25) is 0 Å². The van der Waals surface area contributed by atoms with Gasteiger partial charge in [-0.1, -0.05) is 12.5 Å². The predicted octanol–water partition coefficient (Wildman–Crippen LogP) is 2.16. The molecule has 120 valence electrons. The standard InChI is InChI=1S/C18H27N3O/c1-22-18-7-9-21(15-5-2-6-15)17-13-20(12-16(17)18)11-14-4-3-8-19-10-14/h3-4,8,10,15-18H,2,5-7,9,11-13H2,1H3/t16-,17+,18-/m1/s1. The largest absolute Gasteiger partial charge is 0.381 e. The zero-order valence-electron chi connectivity index (χ0n) is 13.5. The molecule has 0 unspecified atom stereocenters. The lowest BCUT2D eigenvalue weighted by Gasteiger charge is -2.48. The van der Waals surface area contributed by atoms with E-state index in [-0.39, 0.29) is 0 Å². The average molecular weight is 301 g/mol. The smallest absolute Gasteiger partial charge is 0.0639 e. The van der Waals surface area contributed by atoms with Crippen molar-refractivity contribution < 1.29 is 4.74 Å². The first-order valence-electron chi connectivity index (χ1n) is 8.75. The third-order valence-corrected chi connectivity index (χ3v) is 5.96. The minimum absolute atomic E-state index is 0.445. The Balaban J connectivity index is 1.47. The van der Waals surface area contributed by atoms with E-state index >= 15 is 0 Å². The first-order valence-corrected chi connectivity index (χ1v) is 8.75. The Morgan fingerprint density at radius 2 is 2.18 bits per heavy atom. The number of aromatic nitrogens is 1. The number of ether oxygens (including phenoxy) is 1. The van der Waals surface area contributed by atoms with Crippen LogP contribution < -0.4 is 0 Å². The summed E-state index contributed by atoms with van der Waals surface area (Å²) < 4.78 is 5.82. The van der Waals surface area contributed by atoms with Gasteiger partial charge in [-0.25, -0.2) is 0 Å². The van der Waals surface area contributed by atoms with E-state index in [1.54, 1.807) is 0 Å². The van der Waals surface area contributed by atoms with Gasteiger partial charge in [0.25, 0.3) is 0 Å². The van der Waals surface area contributed by atoms with Crippen molar-refractivity contribution in [3.05, 3.63) is 30.1 Å². The van der Waals surface area contributed by atoms with Crippen molar-refractivity contribution >= 4 is 0 Å². The quantitative estimate of drug-likeness (QED) is 0.852. The number of hydrogen-bond donors (Lipinski definition) is 0. The molecule has 2 aliphatic heterocycles. The van der Waals surface area contributed by atoms with Crippen molar-refractivity contribution in [1.82, 2.24) is 14.8 Å². The van der Waals surface area contributed by atoms with Crippen molar-refractivity contribution in [2.45, 2.75) is 50.4 Å². The molecule has 0 bridgehead atoms. The first-order chi connectivity index (χ1) is 10.8. The summed E-state index contributed by atoms with van der Waals surface area (Å²) in [6.07, 6.45) is 9.74. The summed E-state index contributed by atoms with van der Waals surface area (Å²) >= 11 is 0. The van der Waals surface area contributed by atoms with Crippen molar-refractivity contribution in [3.8, 4) is 0 Å². The molecule has 0 aromatic carbocycles. The maximum absolute atomic E-state index is 5.82. The minimum atomic E-state index is 0.445. The molecule has 0 amide bonds. The summed E-state index contributed by atoms with van der Waals surface area (Å²) in [7, 11) is 1.89. The highest BCUT2D eigenvalue weighted by molar-refractivity contribution is 5.10. The summed E-state index contributed by atoms with van der Waals surface area (Å²) in [5.74, 6) is 0.677. The topological polar surface area (TPSA) is 28.6 Å². The normalized spacial score (nSPS) is 33.6. The molecule has 0 radical (unpaired) electrons.